The average molecular weight is 156 g/mol. The van der Waals surface area contributed by atoms with Crippen molar-refractivity contribution in [3.8, 4) is 0 Å². The van der Waals surface area contributed by atoms with Gasteiger partial charge < -0.3 is 9.47 Å². The molecule has 0 radical (unpaired) electrons. The Labute approximate surface area is 65.7 Å². The average Bonchev–Trinajstić information content (AvgIpc) is 2.37. The summed E-state index contributed by atoms with van der Waals surface area (Å²) in [5, 5.41) is 0. The van der Waals surface area contributed by atoms with Crippen LogP contribution in [0.25, 0.3) is 0 Å². The van der Waals surface area contributed by atoms with Gasteiger partial charge in [-0.3, -0.25) is 4.79 Å². The summed E-state index contributed by atoms with van der Waals surface area (Å²) in [4.78, 5) is 11.1. The highest BCUT2D eigenvalue weighted by Crippen LogP contribution is 2.33. The standard InChI is InChI=1S/C8H12O3/c9-7-2-5-11-8(6-7)3-1-4-10-8/h1-6H2. The lowest BCUT2D eigenvalue weighted by molar-refractivity contribution is -0.224. The molecule has 2 saturated heterocycles. The SMILES string of the molecule is O=C1CCOC2(CCCO2)C1. The second-order valence-corrected chi connectivity index (χ2v) is 3.18. The molecule has 62 valence electrons. The van der Waals surface area contributed by atoms with Gasteiger partial charge >= 0.3 is 0 Å². The lowest BCUT2D eigenvalue weighted by Crippen LogP contribution is -2.39. The minimum Gasteiger partial charge on any atom is -0.349 e. The molecule has 0 aromatic rings. The number of carbonyl (C=O) groups excluding carboxylic acids is 1. The molecule has 0 bridgehead atoms. The van der Waals surface area contributed by atoms with E-state index in [1.807, 2.05) is 0 Å². The van der Waals surface area contributed by atoms with Crippen LogP contribution in [0.5, 0.6) is 0 Å². The van der Waals surface area contributed by atoms with Crippen LogP contribution >= 0.6 is 0 Å². The molecule has 1 unspecified atom stereocenters. The Morgan fingerprint density at radius 2 is 2.09 bits per heavy atom. The molecule has 1 atom stereocenters. The van der Waals surface area contributed by atoms with E-state index in [1.165, 1.54) is 0 Å². The molecule has 2 rings (SSSR count). The zero-order valence-corrected chi connectivity index (χ0v) is 6.47. The Morgan fingerprint density at radius 1 is 1.27 bits per heavy atom. The van der Waals surface area contributed by atoms with E-state index in [0.717, 1.165) is 19.4 Å². The molecule has 2 heterocycles. The summed E-state index contributed by atoms with van der Waals surface area (Å²) in [7, 11) is 0. The number of hydrogen-bond acceptors (Lipinski definition) is 3. The molecule has 2 aliphatic rings. The number of carbonyl (C=O) groups is 1. The molecule has 0 aliphatic carbocycles. The van der Waals surface area contributed by atoms with Gasteiger partial charge in [-0.1, -0.05) is 0 Å². The van der Waals surface area contributed by atoms with E-state index < -0.39 is 5.79 Å². The first-order valence-electron chi connectivity index (χ1n) is 4.10. The van der Waals surface area contributed by atoms with Crippen molar-refractivity contribution in [1.29, 1.82) is 0 Å². The third-order valence-corrected chi connectivity index (χ3v) is 2.28. The van der Waals surface area contributed by atoms with Gasteiger partial charge in [-0.2, -0.15) is 0 Å². The first-order valence-corrected chi connectivity index (χ1v) is 4.10. The van der Waals surface area contributed by atoms with Crippen molar-refractivity contribution >= 4 is 5.78 Å². The predicted octanol–water partition coefficient (Wildman–Crippen LogP) is 0.873. The van der Waals surface area contributed by atoms with Crippen LogP contribution < -0.4 is 0 Å². The topological polar surface area (TPSA) is 35.5 Å². The fraction of sp³-hybridized carbons (Fsp3) is 0.875. The van der Waals surface area contributed by atoms with Crippen LogP contribution in [-0.2, 0) is 14.3 Å². The van der Waals surface area contributed by atoms with E-state index in [2.05, 4.69) is 0 Å². The first kappa shape index (κ1) is 7.25. The van der Waals surface area contributed by atoms with E-state index in [0.29, 0.717) is 19.4 Å². The van der Waals surface area contributed by atoms with Gasteiger partial charge in [0, 0.05) is 12.8 Å². The van der Waals surface area contributed by atoms with Crippen molar-refractivity contribution in [2.24, 2.45) is 0 Å². The lowest BCUT2D eigenvalue weighted by atomic mass is 10.0. The van der Waals surface area contributed by atoms with Gasteiger partial charge in [0.2, 0.25) is 0 Å². The molecule has 3 heteroatoms. The van der Waals surface area contributed by atoms with E-state index in [4.69, 9.17) is 9.47 Å². The van der Waals surface area contributed by atoms with Crippen LogP contribution in [0.2, 0.25) is 0 Å². The Kier molecular flexibility index (Phi) is 1.69. The fourth-order valence-corrected chi connectivity index (χ4v) is 1.72. The normalized spacial score (nSPS) is 38.4. The summed E-state index contributed by atoms with van der Waals surface area (Å²) < 4.78 is 10.9. The van der Waals surface area contributed by atoms with Gasteiger partial charge in [-0.15, -0.1) is 0 Å². The van der Waals surface area contributed by atoms with Crippen LogP contribution in [0.15, 0.2) is 0 Å². The number of rotatable bonds is 0. The molecule has 2 aliphatic heterocycles. The van der Waals surface area contributed by atoms with Gasteiger partial charge in [0.1, 0.15) is 5.78 Å². The maximum absolute atomic E-state index is 11.1. The first-order chi connectivity index (χ1) is 5.31. The molecule has 0 aromatic carbocycles. The summed E-state index contributed by atoms with van der Waals surface area (Å²) in [6.07, 6.45) is 2.93. The molecule has 0 N–H and O–H groups in total. The van der Waals surface area contributed by atoms with Crippen LogP contribution in [-0.4, -0.2) is 24.8 Å². The Morgan fingerprint density at radius 3 is 2.73 bits per heavy atom. The fourth-order valence-electron chi connectivity index (χ4n) is 1.72. The van der Waals surface area contributed by atoms with Crippen molar-refractivity contribution in [2.75, 3.05) is 13.2 Å². The summed E-state index contributed by atoms with van der Waals surface area (Å²) in [6.45, 7) is 1.28. The minimum atomic E-state index is -0.505. The van der Waals surface area contributed by atoms with Crippen molar-refractivity contribution in [2.45, 2.75) is 31.5 Å². The summed E-state index contributed by atoms with van der Waals surface area (Å²) in [6, 6.07) is 0. The van der Waals surface area contributed by atoms with Crippen LogP contribution in [0.1, 0.15) is 25.7 Å². The zero-order valence-electron chi connectivity index (χ0n) is 6.47. The molecule has 0 aromatic heterocycles. The molecular weight excluding hydrogens is 144 g/mol. The number of ether oxygens (including phenoxy) is 2. The zero-order chi connectivity index (χ0) is 7.73. The Hall–Kier alpha value is -0.410. The molecule has 2 fully saturated rings. The van der Waals surface area contributed by atoms with Crippen molar-refractivity contribution < 1.29 is 14.3 Å². The summed E-state index contributed by atoms with van der Waals surface area (Å²) in [5.41, 5.74) is 0. The third kappa shape index (κ3) is 1.30. The molecular formula is C8H12O3. The second kappa shape index (κ2) is 2.57. The molecule has 3 nitrogen and oxygen atoms in total. The highest BCUT2D eigenvalue weighted by molar-refractivity contribution is 5.80. The Bertz CT molecular complexity index is 170. The van der Waals surface area contributed by atoms with E-state index in [-0.39, 0.29) is 5.78 Å². The highest BCUT2D eigenvalue weighted by Gasteiger charge is 2.40. The lowest BCUT2D eigenvalue weighted by Gasteiger charge is -2.31. The maximum Gasteiger partial charge on any atom is 0.175 e. The van der Waals surface area contributed by atoms with Crippen molar-refractivity contribution in [3.05, 3.63) is 0 Å². The van der Waals surface area contributed by atoms with Crippen molar-refractivity contribution in [3.63, 3.8) is 0 Å². The van der Waals surface area contributed by atoms with E-state index in [1.54, 1.807) is 0 Å². The molecule has 0 amide bonds. The minimum absolute atomic E-state index is 0.276. The van der Waals surface area contributed by atoms with Crippen molar-refractivity contribution in [1.82, 2.24) is 0 Å². The largest absolute Gasteiger partial charge is 0.349 e. The van der Waals surface area contributed by atoms with Crippen LogP contribution in [0.4, 0.5) is 0 Å². The number of hydrogen-bond donors (Lipinski definition) is 0. The van der Waals surface area contributed by atoms with E-state index >= 15 is 0 Å². The highest BCUT2D eigenvalue weighted by atomic mass is 16.7. The molecule has 1 spiro atoms. The van der Waals surface area contributed by atoms with Gasteiger partial charge in [0.25, 0.3) is 0 Å². The number of ketones is 1. The number of Topliss-reactive ketones (excluding diaryl/α,β-unsaturated/α-hetero) is 1. The molecule has 11 heavy (non-hydrogen) atoms. The quantitative estimate of drug-likeness (QED) is 0.522. The summed E-state index contributed by atoms with van der Waals surface area (Å²) in [5.74, 6) is -0.229. The van der Waals surface area contributed by atoms with Crippen LogP contribution in [0, 0.1) is 0 Å². The predicted molar refractivity (Wildman–Crippen MR) is 38.1 cm³/mol. The molecule has 0 saturated carbocycles. The second-order valence-electron chi connectivity index (χ2n) is 3.18. The van der Waals surface area contributed by atoms with Gasteiger partial charge in [0.15, 0.2) is 5.79 Å². The third-order valence-electron chi connectivity index (χ3n) is 2.28. The van der Waals surface area contributed by atoms with Gasteiger partial charge in [-0.25, -0.2) is 0 Å². The van der Waals surface area contributed by atoms with Gasteiger partial charge in [0.05, 0.1) is 19.6 Å². The van der Waals surface area contributed by atoms with E-state index in [9.17, 15) is 4.79 Å². The maximum atomic E-state index is 11.1. The summed E-state index contributed by atoms with van der Waals surface area (Å²) >= 11 is 0. The Balaban J connectivity index is 2.05. The smallest absolute Gasteiger partial charge is 0.175 e. The van der Waals surface area contributed by atoms with Crippen LogP contribution in [0.3, 0.4) is 0 Å². The monoisotopic (exact) mass is 156 g/mol. The van der Waals surface area contributed by atoms with Gasteiger partial charge in [-0.05, 0) is 6.42 Å².